The average Bonchev–Trinajstić information content (AvgIpc) is 2.91. The van der Waals surface area contributed by atoms with E-state index in [9.17, 15) is 9.59 Å². The van der Waals surface area contributed by atoms with Crippen molar-refractivity contribution in [2.75, 3.05) is 18.4 Å². The van der Waals surface area contributed by atoms with Crippen LogP contribution < -0.4 is 10.6 Å². The lowest BCUT2D eigenvalue weighted by Gasteiger charge is -2.32. The Labute approximate surface area is 150 Å². The lowest BCUT2D eigenvalue weighted by atomic mass is 9.95. The van der Waals surface area contributed by atoms with Gasteiger partial charge in [-0.3, -0.25) is 4.79 Å². The summed E-state index contributed by atoms with van der Waals surface area (Å²) in [6.45, 7) is 1.28. The largest absolute Gasteiger partial charge is 0.353 e. The standard InChI is InChI=1S/C20H29N3O2/c24-19(21-17-8-4-1-2-5-9-17)16-12-14-23(15-13-16)20(25)22-18-10-6-3-7-11-18/h3,6-7,10-11,16-17H,1-2,4-5,8-9,12-15H2,(H,21,24)(H,22,25). The lowest BCUT2D eigenvalue weighted by Crippen LogP contribution is -2.46. The molecule has 5 heteroatoms. The Balaban J connectivity index is 1.43. The van der Waals surface area contributed by atoms with Crippen molar-refractivity contribution in [3.8, 4) is 0 Å². The number of piperidine rings is 1. The number of nitrogens with one attached hydrogen (secondary N) is 2. The third-order valence-corrected chi connectivity index (χ3v) is 5.38. The Kier molecular flexibility index (Phi) is 6.31. The summed E-state index contributed by atoms with van der Waals surface area (Å²) in [5.41, 5.74) is 0.806. The number of amides is 3. The van der Waals surface area contributed by atoms with Gasteiger partial charge in [-0.15, -0.1) is 0 Å². The third kappa shape index (κ3) is 5.21. The fourth-order valence-electron chi connectivity index (χ4n) is 3.81. The first-order chi connectivity index (χ1) is 12.2. The Bertz CT molecular complexity index is 560. The minimum atomic E-state index is -0.0752. The summed E-state index contributed by atoms with van der Waals surface area (Å²) in [6, 6.07) is 9.77. The number of para-hydroxylation sites is 1. The predicted octanol–water partition coefficient (Wildman–Crippen LogP) is 3.77. The van der Waals surface area contributed by atoms with Crippen molar-refractivity contribution in [1.29, 1.82) is 0 Å². The molecule has 25 heavy (non-hydrogen) atoms. The maximum atomic E-state index is 12.5. The van der Waals surface area contributed by atoms with Crippen LogP contribution in [0, 0.1) is 5.92 Å². The molecule has 0 unspecified atom stereocenters. The molecule has 5 nitrogen and oxygen atoms in total. The van der Waals surface area contributed by atoms with Crippen LogP contribution in [0.2, 0.25) is 0 Å². The molecule has 1 aromatic rings. The molecule has 2 aliphatic rings. The summed E-state index contributed by atoms with van der Waals surface area (Å²) in [4.78, 5) is 26.6. The molecule has 1 saturated carbocycles. The van der Waals surface area contributed by atoms with Crippen LogP contribution in [-0.4, -0.2) is 36.0 Å². The highest BCUT2D eigenvalue weighted by atomic mass is 16.2. The summed E-state index contributed by atoms with van der Waals surface area (Å²) in [5, 5.41) is 6.17. The van der Waals surface area contributed by atoms with Crippen molar-refractivity contribution in [2.45, 2.75) is 57.4 Å². The van der Waals surface area contributed by atoms with Gasteiger partial charge in [0.15, 0.2) is 0 Å². The van der Waals surface area contributed by atoms with Gasteiger partial charge in [-0.05, 0) is 37.8 Å². The molecule has 1 aliphatic heterocycles. The monoisotopic (exact) mass is 343 g/mol. The molecular weight excluding hydrogens is 314 g/mol. The molecule has 2 fully saturated rings. The van der Waals surface area contributed by atoms with Gasteiger partial charge in [0.05, 0.1) is 0 Å². The van der Waals surface area contributed by atoms with Crippen LogP contribution in [0.1, 0.15) is 51.4 Å². The summed E-state index contributed by atoms with van der Waals surface area (Å²) in [5.74, 6) is 0.235. The SMILES string of the molecule is O=C(NC1CCCCCC1)C1CCN(C(=O)Nc2ccccc2)CC1. The second kappa shape index (κ2) is 8.88. The molecule has 1 aromatic carbocycles. The van der Waals surface area contributed by atoms with E-state index in [-0.39, 0.29) is 17.9 Å². The van der Waals surface area contributed by atoms with E-state index in [1.807, 2.05) is 35.2 Å². The lowest BCUT2D eigenvalue weighted by molar-refractivity contribution is -0.127. The number of carbonyl (C=O) groups is 2. The fraction of sp³-hybridized carbons (Fsp3) is 0.600. The van der Waals surface area contributed by atoms with Gasteiger partial charge in [0, 0.05) is 30.7 Å². The molecule has 0 radical (unpaired) electrons. The van der Waals surface area contributed by atoms with E-state index in [0.29, 0.717) is 19.1 Å². The summed E-state index contributed by atoms with van der Waals surface area (Å²) in [7, 11) is 0. The first-order valence-electron chi connectivity index (χ1n) is 9.64. The molecule has 3 amide bonds. The van der Waals surface area contributed by atoms with Crippen molar-refractivity contribution >= 4 is 17.6 Å². The van der Waals surface area contributed by atoms with Gasteiger partial charge in [-0.25, -0.2) is 4.79 Å². The average molecular weight is 343 g/mol. The van der Waals surface area contributed by atoms with Crippen LogP contribution in [0.15, 0.2) is 30.3 Å². The second-order valence-electron chi connectivity index (χ2n) is 7.25. The topological polar surface area (TPSA) is 61.4 Å². The van der Waals surface area contributed by atoms with Crippen molar-refractivity contribution < 1.29 is 9.59 Å². The molecular formula is C20H29N3O2. The molecule has 0 spiro atoms. The molecule has 1 heterocycles. The first-order valence-corrected chi connectivity index (χ1v) is 9.64. The molecule has 2 N–H and O–H groups in total. The molecule has 0 aromatic heterocycles. The molecule has 0 atom stereocenters. The number of anilines is 1. The van der Waals surface area contributed by atoms with Crippen LogP contribution in [0.25, 0.3) is 0 Å². The first kappa shape index (κ1) is 17.8. The predicted molar refractivity (Wildman–Crippen MR) is 99.4 cm³/mol. The van der Waals surface area contributed by atoms with Gasteiger partial charge < -0.3 is 15.5 Å². The Morgan fingerprint density at radius 3 is 2.16 bits per heavy atom. The van der Waals surface area contributed by atoms with Crippen LogP contribution in [0.4, 0.5) is 10.5 Å². The number of likely N-dealkylation sites (tertiary alicyclic amines) is 1. The van der Waals surface area contributed by atoms with E-state index in [2.05, 4.69) is 10.6 Å². The number of carbonyl (C=O) groups excluding carboxylic acids is 2. The van der Waals surface area contributed by atoms with E-state index in [0.717, 1.165) is 31.4 Å². The fourth-order valence-corrected chi connectivity index (χ4v) is 3.81. The number of benzene rings is 1. The summed E-state index contributed by atoms with van der Waals surface area (Å²) in [6.07, 6.45) is 8.77. The van der Waals surface area contributed by atoms with Crippen molar-refractivity contribution in [2.24, 2.45) is 5.92 Å². The Morgan fingerprint density at radius 1 is 0.880 bits per heavy atom. The van der Waals surface area contributed by atoms with Crippen LogP contribution in [-0.2, 0) is 4.79 Å². The molecule has 1 aliphatic carbocycles. The molecule has 0 bridgehead atoms. The van der Waals surface area contributed by atoms with Crippen LogP contribution in [0.5, 0.6) is 0 Å². The van der Waals surface area contributed by atoms with E-state index in [4.69, 9.17) is 0 Å². The highest BCUT2D eigenvalue weighted by Gasteiger charge is 2.28. The smallest absolute Gasteiger partial charge is 0.321 e. The molecule has 1 saturated heterocycles. The number of rotatable bonds is 3. The zero-order valence-electron chi connectivity index (χ0n) is 14.9. The second-order valence-corrected chi connectivity index (χ2v) is 7.25. The third-order valence-electron chi connectivity index (χ3n) is 5.38. The minimum Gasteiger partial charge on any atom is -0.353 e. The number of nitrogens with zero attached hydrogens (tertiary/aromatic N) is 1. The summed E-state index contributed by atoms with van der Waals surface area (Å²) >= 11 is 0. The zero-order chi connectivity index (χ0) is 17.5. The quantitative estimate of drug-likeness (QED) is 0.821. The van der Waals surface area contributed by atoms with Crippen LogP contribution in [0.3, 0.4) is 0 Å². The minimum absolute atomic E-state index is 0.0454. The number of hydrogen-bond donors (Lipinski definition) is 2. The van der Waals surface area contributed by atoms with E-state index in [1.165, 1.54) is 25.7 Å². The highest BCUT2D eigenvalue weighted by molar-refractivity contribution is 5.89. The van der Waals surface area contributed by atoms with Gasteiger partial charge in [0.2, 0.25) is 5.91 Å². The van der Waals surface area contributed by atoms with Crippen molar-refractivity contribution in [3.63, 3.8) is 0 Å². The Hall–Kier alpha value is -2.04. The van der Waals surface area contributed by atoms with E-state index in [1.54, 1.807) is 0 Å². The summed E-state index contributed by atoms with van der Waals surface area (Å²) < 4.78 is 0. The van der Waals surface area contributed by atoms with Gasteiger partial charge in [-0.2, -0.15) is 0 Å². The van der Waals surface area contributed by atoms with Gasteiger partial charge in [0.25, 0.3) is 0 Å². The normalized spacial score (nSPS) is 19.9. The number of urea groups is 1. The van der Waals surface area contributed by atoms with Gasteiger partial charge in [-0.1, -0.05) is 43.9 Å². The Morgan fingerprint density at radius 2 is 1.52 bits per heavy atom. The van der Waals surface area contributed by atoms with Crippen LogP contribution >= 0.6 is 0 Å². The van der Waals surface area contributed by atoms with E-state index < -0.39 is 0 Å². The molecule has 3 rings (SSSR count). The van der Waals surface area contributed by atoms with Crippen molar-refractivity contribution in [3.05, 3.63) is 30.3 Å². The van der Waals surface area contributed by atoms with Crippen molar-refractivity contribution in [1.82, 2.24) is 10.2 Å². The van der Waals surface area contributed by atoms with E-state index >= 15 is 0 Å². The molecule has 136 valence electrons. The highest BCUT2D eigenvalue weighted by Crippen LogP contribution is 2.21. The number of hydrogen-bond acceptors (Lipinski definition) is 2. The van der Waals surface area contributed by atoms with Gasteiger partial charge >= 0.3 is 6.03 Å². The zero-order valence-corrected chi connectivity index (χ0v) is 14.9. The maximum absolute atomic E-state index is 12.5. The maximum Gasteiger partial charge on any atom is 0.321 e. The van der Waals surface area contributed by atoms with Gasteiger partial charge in [0.1, 0.15) is 0 Å².